The number of halogens is 1. The predicted molar refractivity (Wildman–Crippen MR) is 80.3 cm³/mol. The summed E-state index contributed by atoms with van der Waals surface area (Å²) < 4.78 is 0.794. The Morgan fingerprint density at radius 2 is 2.00 bits per heavy atom. The Hall–Kier alpha value is -2.09. The summed E-state index contributed by atoms with van der Waals surface area (Å²) in [5.74, 6) is -1.59. The minimum Gasteiger partial charge on any atom is -0.340 e. The average molecular weight is 355 g/mol. The summed E-state index contributed by atoms with van der Waals surface area (Å²) in [6.07, 6.45) is 0.404. The van der Waals surface area contributed by atoms with Gasteiger partial charge < -0.3 is 10.2 Å². The summed E-state index contributed by atoms with van der Waals surface area (Å²) in [6.45, 7) is 0.458. The minimum absolute atomic E-state index is 0.280. The van der Waals surface area contributed by atoms with Crippen molar-refractivity contribution in [2.24, 2.45) is 5.92 Å². The lowest BCUT2D eigenvalue weighted by Crippen LogP contribution is -2.49. The van der Waals surface area contributed by atoms with Gasteiger partial charge in [-0.05, 0) is 34.5 Å². The zero-order chi connectivity index (χ0) is 15.4. The van der Waals surface area contributed by atoms with Gasteiger partial charge in [-0.2, -0.15) is 0 Å². The fourth-order valence-corrected chi connectivity index (χ4v) is 2.60. The molecule has 1 saturated heterocycles. The zero-order valence-corrected chi connectivity index (χ0v) is 12.9. The highest BCUT2D eigenvalue weighted by Crippen LogP contribution is 2.31. The lowest BCUT2D eigenvalue weighted by molar-refractivity contribution is -0.132. The molecule has 1 aromatic rings. The van der Waals surface area contributed by atoms with E-state index < -0.39 is 17.9 Å². The van der Waals surface area contributed by atoms with Gasteiger partial charge in [-0.15, -0.1) is 0 Å². The first kappa shape index (κ1) is 15.3. The van der Waals surface area contributed by atoms with Crippen LogP contribution in [0.15, 0.2) is 28.7 Å². The largest absolute Gasteiger partial charge is 0.340 e. The predicted octanol–water partition coefficient (Wildman–Crippen LogP) is 0.762. The lowest BCUT2D eigenvalue weighted by atomic mass is 10.1. The number of hydrogen-bond acceptors (Lipinski definition) is 3. The maximum atomic E-state index is 12.3. The molecular weight excluding hydrogens is 340 g/mol. The van der Waals surface area contributed by atoms with Crippen molar-refractivity contribution in [2.75, 3.05) is 18.5 Å². The lowest BCUT2D eigenvalue weighted by Gasteiger charge is -2.18. The average Bonchev–Trinajstić information content (AvgIpc) is 2.86. The number of nitrogens with zero attached hydrogens (tertiary/aromatic N) is 1. The summed E-state index contributed by atoms with van der Waals surface area (Å²) in [6, 6.07) is 6.78. The van der Waals surface area contributed by atoms with Crippen molar-refractivity contribution in [2.45, 2.75) is 6.42 Å². The van der Waals surface area contributed by atoms with Crippen LogP contribution in [0.3, 0.4) is 0 Å². The second-order valence-electron chi connectivity index (χ2n) is 4.48. The molecule has 112 valence electrons. The van der Waals surface area contributed by atoms with E-state index in [1.54, 1.807) is 4.90 Å². The molecular formula is C13H15BrN4O3. The molecule has 21 heavy (non-hydrogen) atoms. The number of hydrazine groups is 1. The Kier molecular flexibility index (Phi) is 4.79. The molecule has 0 spiro atoms. The molecule has 1 aliphatic rings. The summed E-state index contributed by atoms with van der Waals surface area (Å²) in [5.41, 5.74) is 5.13. The fraction of sp³-hybridized carbons (Fsp3) is 0.308. The van der Waals surface area contributed by atoms with Crippen molar-refractivity contribution >= 4 is 39.5 Å². The van der Waals surface area contributed by atoms with E-state index in [-0.39, 0.29) is 5.91 Å². The van der Waals surface area contributed by atoms with E-state index in [2.05, 4.69) is 32.1 Å². The van der Waals surface area contributed by atoms with E-state index in [1.165, 1.54) is 7.05 Å². The number of carbonyl (C=O) groups is 3. The molecule has 0 bridgehead atoms. The smallest absolute Gasteiger partial charge is 0.333 e. The van der Waals surface area contributed by atoms with Crippen LogP contribution in [0, 0.1) is 5.92 Å². The van der Waals surface area contributed by atoms with Gasteiger partial charge in [0.1, 0.15) is 5.92 Å². The molecule has 1 heterocycles. The molecule has 4 amide bonds. The number of carbonyl (C=O) groups excluding carboxylic acids is 3. The normalized spacial score (nSPS) is 17.5. The molecule has 1 unspecified atom stereocenters. The second kappa shape index (κ2) is 6.57. The van der Waals surface area contributed by atoms with Gasteiger partial charge in [0.05, 0.1) is 5.69 Å². The van der Waals surface area contributed by atoms with Gasteiger partial charge in [0.25, 0.3) is 5.91 Å². The Balaban J connectivity index is 2.03. The van der Waals surface area contributed by atoms with Crippen LogP contribution >= 0.6 is 15.9 Å². The molecule has 1 aliphatic heterocycles. The van der Waals surface area contributed by atoms with Crippen molar-refractivity contribution in [1.29, 1.82) is 0 Å². The summed E-state index contributed by atoms with van der Waals surface area (Å²) in [7, 11) is 1.43. The molecule has 2 rings (SSSR count). The number of hydrogen-bond donors (Lipinski definition) is 3. The van der Waals surface area contributed by atoms with Crippen LogP contribution in [-0.2, 0) is 9.59 Å². The molecule has 0 saturated carbocycles. The minimum atomic E-state index is -0.797. The second-order valence-corrected chi connectivity index (χ2v) is 5.33. The van der Waals surface area contributed by atoms with Crippen LogP contribution in [0.1, 0.15) is 6.42 Å². The maximum Gasteiger partial charge on any atom is 0.333 e. The van der Waals surface area contributed by atoms with E-state index in [0.29, 0.717) is 13.0 Å². The van der Waals surface area contributed by atoms with Gasteiger partial charge >= 0.3 is 6.03 Å². The standard InChI is InChI=1S/C13H15BrN4O3/c1-15-13(21)17-16-11(19)8-6-7-18(12(8)20)10-5-3-2-4-9(10)14/h2-5,8H,6-7H2,1H3,(H,16,19)(H2,15,17,21). The molecule has 1 fully saturated rings. The van der Waals surface area contributed by atoms with E-state index in [0.717, 1.165) is 10.2 Å². The number of para-hydroxylation sites is 1. The monoisotopic (exact) mass is 354 g/mol. The highest BCUT2D eigenvalue weighted by Gasteiger charge is 2.38. The Labute approximate surface area is 130 Å². The number of nitrogens with one attached hydrogen (secondary N) is 3. The van der Waals surface area contributed by atoms with Crippen molar-refractivity contribution in [3.8, 4) is 0 Å². The van der Waals surface area contributed by atoms with Gasteiger partial charge in [-0.3, -0.25) is 15.0 Å². The third-order valence-electron chi connectivity index (χ3n) is 3.19. The van der Waals surface area contributed by atoms with E-state index in [1.807, 2.05) is 24.3 Å². The van der Waals surface area contributed by atoms with Gasteiger partial charge in [-0.25, -0.2) is 10.2 Å². The number of benzene rings is 1. The molecule has 0 aromatic heterocycles. The number of amides is 4. The first-order chi connectivity index (χ1) is 10.0. The molecule has 0 aliphatic carbocycles. The van der Waals surface area contributed by atoms with E-state index in [4.69, 9.17) is 0 Å². The maximum absolute atomic E-state index is 12.3. The summed E-state index contributed by atoms with van der Waals surface area (Å²) in [4.78, 5) is 36.8. The Bertz CT molecular complexity index is 578. The van der Waals surface area contributed by atoms with E-state index in [9.17, 15) is 14.4 Å². The molecule has 3 N–H and O–H groups in total. The Morgan fingerprint density at radius 3 is 2.67 bits per heavy atom. The molecule has 1 aromatic carbocycles. The fourth-order valence-electron chi connectivity index (χ4n) is 2.10. The summed E-state index contributed by atoms with van der Waals surface area (Å²) >= 11 is 3.39. The van der Waals surface area contributed by atoms with Crippen LogP contribution < -0.4 is 21.1 Å². The first-order valence-electron chi connectivity index (χ1n) is 6.38. The van der Waals surface area contributed by atoms with Crippen molar-refractivity contribution < 1.29 is 14.4 Å². The van der Waals surface area contributed by atoms with Crippen molar-refractivity contribution in [3.63, 3.8) is 0 Å². The van der Waals surface area contributed by atoms with Crippen LogP contribution in [0.4, 0.5) is 10.5 Å². The third kappa shape index (κ3) is 3.33. The molecule has 8 heteroatoms. The van der Waals surface area contributed by atoms with Crippen LogP contribution in [-0.4, -0.2) is 31.4 Å². The van der Waals surface area contributed by atoms with Crippen molar-refractivity contribution in [3.05, 3.63) is 28.7 Å². The number of anilines is 1. The van der Waals surface area contributed by atoms with Crippen LogP contribution in [0.25, 0.3) is 0 Å². The highest BCUT2D eigenvalue weighted by atomic mass is 79.9. The highest BCUT2D eigenvalue weighted by molar-refractivity contribution is 9.10. The van der Waals surface area contributed by atoms with Crippen LogP contribution in [0.5, 0.6) is 0 Å². The number of urea groups is 1. The SMILES string of the molecule is CNC(=O)NNC(=O)C1CCN(c2ccccc2Br)C1=O. The summed E-state index contributed by atoms with van der Waals surface area (Å²) in [5, 5.41) is 2.30. The van der Waals surface area contributed by atoms with E-state index >= 15 is 0 Å². The van der Waals surface area contributed by atoms with Gasteiger partial charge in [-0.1, -0.05) is 12.1 Å². The van der Waals surface area contributed by atoms with Gasteiger partial charge in [0.15, 0.2) is 0 Å². The van der Waals surface area contributed by atoms with Gasteiger partial charge in [0.2, 0.25) is 5.91 Å². The molecule has 7 nitrogen and oxygen atoms in total. The Morgan fingerprint density at radius 1 is 1.29 bits per heavy atom. The zero-order valence-electron chi connectivity index (χ0n) is 11.4. The van der Waals surface area contributed by atoms with Crippen LogP contribution in [0.2, 0.25) is 0 Å². The number of rotatable bonds is 2. The van der Waals surface area contributed by atoms with Crippen molar-refractivity contribution in [1.82, 2.24) is 16.2 Å². The first-order valence-corrected chi connectivity index (χ1v) is 7.17. The molecule has 0 radical (unpaired) electrons. The topological polar surface area (TPSA) is 90.5 Å². The molecule has 1 atom stereocenters. The third-order valence-corrected chi connectivity index (χ3v) is 3.86. The quantitative estimate of drug-likeness (QED) is 0.541. The van der Waals surface area contributed by atoms with Gasteiger partial charge in [0, 0.05) is 18.1 Å².